The Morgan fingerprint density at radius 2 is 2.36 bits per heavy atom. The first-order chi connectivity index (χ1) is 5.19. The average Bonchev–Trinajstić information content (AvgIpc) is 2.38. The summed E-state index contributed by atoms with van der Waals surface area (Å²) in [4.78, 5) is 0. The summed E-state index contributed by atoms with van der Waals surface area (Å²) in [5, 5.41) is 9.97. The zero-order chi connectivity index (χ0) is 8.32. The van der Waals surface area contributed by atoms with Gasteiger partial charge in [-0.2, -0.15) is 0 Å². The Kier molecular flexibility index (Phi) is 2.90. The lowest BCUT2D eigenvalue weighted by Gasteiger charge is -2.27. The standard InChI is InChI=1S/C9H18O2/c1-3-4-8(2)9(10)5-6-11-7-9/h8,10H,3-7H2,1-2H3. The van der Waals surface area contributed by atoms with Crippen LogP contribution >= 0.6 is 0 Å². The molecule has 0 amide bonds. The quantitative estimate of drug-likeness (QED) is 0.675. The molecule has 1 aliphatic rings. The van der Waals surface area contributed by atoms with Crippen LogP contribution in [0.15, 0.2) is 0 Å². The van der Waals surface area contributed by atoms with E-state index in [0.717, 1.165) is 25.9 Å². The molecular weight excluding hydrogens is 140 g/mol. The van der Waals surface area contributed by atoms with Gasteiger partial charge in [-0.25, -0.2) is 0 Å². The molecule has 66 valence electrons. The van der Waals surface area contributed by atoms with Crippen molar-refractivity contribution in [3.8, 4) is 0 Å². The minimum Gasteiger partial charge on any atom is -0.387 e. The Labute approximate surface area is 68.6 Å². The highest BCUT2D eigenvalue weighted by Gasteiger charge is 2.36. The minimum atomic E-state index is -0.518. The van der Waals surface area contributed by atoms with Crippen molar-refractivity contribution in [3.63, 3.8) is 0 Å². The van der Waals surface area contributed by atoms with E-state index < -0.39 is 5.60 Å². The fraction of sp³-hybridized carbons (Fsp3) is 1.00. The van der Waals surface area contributed by atoms with Crippen LogP contribution in [0.25, 0.3) is 0 Å². The van der Waals surface area contributed by atoms with Gasteiger partial charge < -0.3 is 9.84 Å². The lowest BCUT2D eigenvalue weighted by Crippen LogP contribution is -2.36. The van der Waals surface area contributed by atoms with E-state index in [1.807, 2.05) is 0 Å². The van der Waals surface area contributed by atoms with Gasteiger partial charge in [0.15, 0.2) is 0 Å². The third kappa shape index (κ3) is 1.94. The van der Waals surface area contributed by atoms with Crippen LogP contribution in [0.1, 0.15) is 33.1 Å². The molecule has 1 heterocycles. The van der Waals surface area contributed by atoms with Gasteiger partial charge in [-0.05, 0) is 12.3 Å². The summed E-state index contributed by atoms with van der Waals surface area (Å²) in [7, 11) is 0. The van der Waals surface area contributed by atoms with Crippen molar-refractivity contribution in [2.45, 2.75) is 38.7 Å². The molecule has 0 radical (unpaired) electrons. The van der Waals surface area contributed by atoms with Gasteiger partial charge in [0.2, 0.25) is 0 Å². The molecule has 1 aliphatic heterocycles. The Morgan fingerprint density at radius 1 is 1.64 bits per heavy atom. The van der Waals surface area contributed by atoms with Crippen molar-refractivity contribution in [2.75, 3.05) is 13.2 Å². The largest absolute Gasteiger partial charge is 0.387 e. The fourth-order valence-corrected chi connectivity index (χ4v) is 1.66. The third-order valence-corrected chi connectivity index (χ3v) is 2.67. The molecule has 1 saturated heterocycles. The summed E-state index contributed by atoms with van der Waals surface area (Å²) in [6.45, 7) is 5.52. The van der Waals surface area contributed by atoms with Gasteiger partial charge in [-0.1, -0.05) is 20.3 Å². The molecule has 0 bridgehead atoms. The summed E-state index contributed by atoms with van der Waals surface area (Å²) in [6.07, 6.45) is 3.05. The van der Waals surface area contributed by atoms with Gasteiger partial charge in [0.1, 0.15) is 0 Å². The van der Waals surface area contributed by atoms with Crippen molar-refractivity contribution in [1.29, 1.82) is 0 Å². The molecule has 1 rings (SSSR count). The predicted octanol–water partition coefficient (Wildman–Crippen LogP) is 1.57. The summed E-state index contributed by atoms with van der Waals surface area (Å²) in [6, 6.07) is 0. The van der Waals surface area contributed by atoms with Crippen molar-refractivity contribution in [3.05, 3.63) is 0 Å². The first-order valence-corrected chi connectivity index (χ1v) is 4.49. The van der Waals surface area contributed by atoms with Gasteiger partial charge in [-0.15, -0.1) is 0 Å². The normalized spacial score (nSPS) is 34.1. The van der Waals surface area contributed by atoms with Crippen molar-refractivity contribution >= 4 is 0 Å². The van der Waals surface area contributed by atoms with Crippen LogP contribution in [0.5, 0.6) is 0 Å². The van der Waals surface area contributed by atoms with Gasteiger partial charge in [0.25, 0.3) is 0 Å². The maximum atomic E-state index is 9.97. The maximum Gasteiger partial charge on any atom is 0.0927 e. The van der Waals surface area contributed by atoms with Crippen LogP contribution in [-0.2, 0) is 4.74 Å². The van der Waals surface area contributed by atoms with Crippen LogP contribution in [0, 0.1) is 5.92 Å². The Bertz CT molecular complexity index is 117. The van der Waals surface area contributed by atoms with E-state index in [1.54, 1.807) is 0 Å². The summed E-state index contributed by atoms with van der Waals surface area (Å²) < 4.78 is 5.18. The number of rotatable bonds is 3. The van der Waals surface area contributed by atoms with Gasteiger partial charge >= 0.3 is 0 Å². The summed E-state index contributed by atoms with van der Waals surface area (Å²) >= 11 is 0. The highest BCUT2D eigenvalue weighted by atomic mass is 16.5. The predicted molar refractivity (Wildman–Crippen MR) is 44.5 cm³/mol. The topological polar surface area (TPSA) is 29.5 Å². The maximum absolute atomic E-state index is 9.97. The molecule has 1 N–H and O–H groups in total. The Balaban J connectivity index is 2.42. The van der Waals surface area contributed by atoms with Crippen molar-refractivity contribution in [2.24, 2.45) is 5.92 Å². The highest BCUT2D eigenvalue weighted by molar-refractivity contribution is 4.87. The van der Waals surface area contributed by atoms with Crippen LogP contribution in [-0.4, -0.2) is 23.9 Å². The summed E-state index contributed by atoms with van der Waals surface area (Å²) in [5.74, 6) is 0.384. The molecule has 0 saturated carbocycles. The van der Waals surface area contributed by atoms with Crippen LogP contribution in [0.3, 0.4) is 0 Å². The van der Waals surface area contributed by atoms with E-state index in [4.69, 9.17) is 4.74 Å². The van der Waals surface area contributed by atoms with Gasteiger partial charge in [0.05, 0.1) is 12.2 Å². The van der Waals surface area contributed by atoms with Gasteiger partial charge in [0, 0.05) is 13.0 Å². The van der Waals surface area contributed by atoms with Crippen molar-refractivity contribution in [1.82, 2.24) is 0 Å². The molecule has 0 aromatic heterocycles. The third-order valence-electron chi connectivity index (χ3n) is 2.67. The lowest BCUT2D eigenvalue weighted by atomic mass is 9.85. The minimum absolute atomic E-state index is 0.384. The number of aliphatic hydroxyl groups is 1. The lowest BCUT2D eigenvalue weighted by molar-refractivity contribution is -0.0217. The van der Waals surface area contributed by atoms with E-state index in [9.17, 15) is 5.11 Å². The van der Waals surface area contributed by atoms with Crippen LogP contribution < -0.4 is 0 Å². The molecule has 2 atom stereocenters. The first kappa shape index (κ1) is 9.01. The molecule has 11 heavy (non-hydrogen) atoms. The number of hydrogen-bond acceptors (Lipinski definition) is 2. The molecule has 0 aromatic rings. The van der Waals surface area contributed by atoms with E-state index in [2.05, 4.69) is 13.8 Å². The second-order valence-corrected chi connectivity index (χ2v) is 3.60. The SMILES string of the molecule is CCCC(C)C1(O)CCOC1. The van der Waals surface area contributed by atoms with E-state index in [0.29, 0.717) is 12.5 Å². The van der Waals surface area contributed by atoms with Crippen molar-refractivity contribution < 1.29 is 9.84 Å². The first-order valence-electron chi connectivity index (χ1n) is 4.49. The zero-order valence-corrected chi connectivity index (χ0v) is 7.47. The molecule has 2 heteroatoms. The molecule has 0 spiro atoms. The molecule has 0 aromatic carbocycles. The molecule has 0 aliphatic carbocycles. The van der Waals surface area contributed by atoms with Crippen LogP contribution in [0.4, 0.5) is 0 Å². The Hall–Kier alpha value is -0.0800. The number of ether oxygens (including phenoxy) is 1. The van der Waals surface area contributed by atoms with Crippen LogP contribution in [0.2, 0.25) is 0 Å². The molecule has 2 unspecified atom stereocenters. The second kappa shape index (κ2) is 3.55. The monoisotopic (exact) mass is 158 g/mol. The zero-order valence-electron chi connectivity index (χ0n) is 7.47. The molecular formula is C9H18O2. The summed E-state index contributed by atoms with van der Waals surface area (Å²) in [5.41, 5.74) is -0.518. The average molecular weight is 158 g/mol. The van der Waals surface area contributed by atoms with E-state index in [-0.39, 0.29) is 0 Å². The molecule has 1 fully saturated rings. The smallest absolute Gasteiger partial charge is 0.0927 e. The fourth-order valence-electron chi connectivity index (χ4n) is 1.66. The highest BCUT2D eigenvalue weighted by Crippen LogP contribution is 2.29. The number of hydrogen-bond donors (Lipinski definition) is 1. The van der Waals surface area contributed by atoms with E-state index in [1.165, 1.54) is 0 Å². The second-order valence-electron chi connectivity index (χ2n) is 3.60. The van der Waals surface area contributed by atoms with Gasteiger partial charge in [-0.3, -0.25) is 0 Å². The Morgan fingerprint density at radius 3 is 2.82 bits per heavy atom. The molecule has 2 nitrogen and oxygen atoms in total. The van der Waals surface area contributed by atoms with E-state index >= 15 is 0 Å².